The first-order chi connectivity index (χ1) is 9.72. The van der Waals surface area contributed by atoms with Crippen molar-refractivity contribution in [3.63, 3.8) is 0 Å². The van der Waals surface area contributed by atoms with Crippen LogP contribution in [-0.2, 0) is 0 Å². The molecule has 4 heteroatoms. The van der Waals surface area contributed by atoms with Crippen molar-refractivity contribution < 1.29 is 4.79 Å². The van der Waals surface area contributed by atoms with Crippen LogP contribution in [0.5, 0.6) is 0 Å². The Morgan fingerprint density at radius 3 is 2.85 bits per heavy atom. The summed E-state index contributed by atoms with van der Waals surface area (Å²) >= 11 is 0. The molecular weight excluding hydrogens is 250 g/mol. The lowest BCUT2D eigenvalue weighted by Gasteiger charge is -2.31. The van der Waals surface area contributed by atoms with Crippen LogP contribution in [-0.4, -0.2) is 43.5 Å². The third-order valence-electron chi connectivity index (χ3n) is 3.63. The van der Waals surface area contributed by atoms with Gasteiger partial charge in [0.15, 0.2) is 0 Å². The molecule has 1 heterocycles. The van der Waals surface area contributed by atoms with Crippen LogP contribution in [0.2, 0.25) is 0 Å². The molecule has 1 saturated heterocycles. The van der Waals surface area contributed by atoms with Crippen molar-refractivity contribution in [2.75, 3.05) is 32.0 Å². The number of rotatable bonds is 4. The van der Waals surface area contributed by atoms with Crippen LogP contribution >= 0.6 is 0 Å². The molecule has 4 nitrogen and oxygen atoms in total. The molecule has 1 aromatic carbocycles. The largest absolute Gasteiger partial charge is 0.382 e. The van der Waals surface area contributed by atoms with E-state index >= 15 is 0 Å². The van der Waals surface area contributed by atoms with Crippen LogP contribution in [0, 0.1) is 12.3 Å². The minimum atomic E-state index is -0.0579. The monoisotopic (exact) mass is 271 g/mol. The number of piperidine rings is 1. The first kappa shape index (κ1) is 14.4. The highest BCUT2D eigenvalue weighted by molar-refractivity contribution is 5.94. The SMILES string of the molecule is C#CCN1CCC(Nc2cccc(C(=O)NC)c2)CC1. The fourth-order valence-corrected chi connectivity index (χ4v) is 2.49. The van der Waals surface area contributed by atoms with Crippen LogP contribution in [0.25, 0.3) is 0 Å². The maximum atomic E-state index is 11.6. The summed E-state index contributed by atoms with van der Waals surface area (Å²) in [4.78, 5) is 13.9. The molecule has 1 aliphatic rings. The van der Waals surface area contributed by atoms with Gasteiger partial charge in [-0.3, -0.25) is 9.69 Å². The Bertz CT molecular complexity index is 499. The van der Waals surface area contributed by atoms with Crippen LogP contribution in [0.4, 0.5) is 5.69 Å². The van der Waals surface area contributed by atoms with E-state index in [0.29, 0.717) is 11.6 Å². The van der Waals surface area contributed by atoms with Crippen molar-refractivity contribution >= 4 is 11.6 Å². The van der Waals surface area contributed by atoms with Gasteiger partial charge >= 0.3 is 0 Å². The van der Waals surface area contributed by atoms with Crippen LogP contribution in [0.3, 0.4) is 0 Å². The molecule has 2 N–H and O–H groups in total. The lowest BCUT2D eigenvalue weighted by Crippen LogP contribution is -2.39. The number of carbonyl (C=O) groups is 1. The summed E-state index contributed by atoms with van der Waals surface area (Å²) in [5.41, 5.74) is 1.68. The minimum absolute atomic E-state index is 0.0579. The molecule has 0 aromatic heterocycles. The van der Waals surface area contributed by atoms with E-state index < -0.39 is 0 Å². The number of amides is 1. The number of terminal acetylenes is 1. The minimum Gasteiger partial charge on any atom is -0.382 e. The number of anilines is 1. The van der Waals surface area contributed by atoms with Gasteiger partial charge in [-0.05, 0) is 31.0 Å². The van der Waals surface area contributed by atoms with E-state index in [2.05, 4.69) is 21.5 Å². The van der Waals surface area contributed by atoms with E-state index in [0.717, 1.165) is 38.2 Å². The Morgan fingerprint density at radius 1 is 1.45 bits per heavy atom. The van der Waals surface area contributed by atoms with E-state index in [1.165, 1.54) is 0 Å². The zero-order valence-corrected chi connectivity index (χ0v) is 11.9. The summed E-state index contributed by atoms with van der Waals surface area (Å²) < 4.78 is 0. The molecule has 1 amide bonds. The van der Waals surface area contributed by atoms with Gasteiger partial charge in [-0.2, -0.15) is 0 Å². The molecule has 106 valence electrons. The lowest BCUT2D eigenvalue weighted by atomic mass is 10.0. The van der Waals surface area contributed by atoms with Gasteiger partial charge in [-0.25, -0.2) is 0 Å². The van der Waals surface area contributed by atoms with Crippen molar-refractivity contribution in [3.05, 3.63) is 29.8 Å². The van der Waals surface area contributed by atoms with Crippen molar-refractivity contribution in [1.29, 1.82) is 0 Å². The molecule has 0 bridgehead atoms. The zero-order valence-electron chi connectivity index (χ0n) is 11.9. The van der Waals surface area contributed by atoms with Gasteiger partial charge in [0, 0.05) is 37.4 Å². The summed E-state index contributed by atoms with van der Waals surface area (Å²) in [6, 6.07) is 8.07. The Kier molecular flexibility index (Phi) is 5.03. The molecular formula is C16H21N3O. The molecule has 0 atom stereocenters. The quantitative estimate of drug-likeness (QED) is 0.817. The van der Waals surface area contributed by atoms with Crippen molar-refractivity contribution in [1.82, 2.24) is 10.2 Å². The number of benzene rings is 1. The van der Waals surface area contributed by atoms with Gasteiger partial charge in [0.05, 0.1) is 6.54 Å². The van der Waals surface area contributed by atoms with Crippen LogP contribution < -0.4 is 10.6 Å². The summed E-state index contributed by atoms with van der Waals surface area (Å²) in [5.74, 6) is 2.63. The summed E-state index contributed by atoms with van der Waals surface area (Å²) in [7, 11) is 1.64. The Morgan fingerprint density at radius 2 is 2.20 bits per heavy atom. The molecule has 0 spiro atoms. The highest BCUT2D eigenvalue weighted by Crippen LogP contribution is 2.17. The van der Waals surface area contributed by atoms with E-state index in [-0.39, 0.29) is 5.91 Å². The number of nitrogens with zero attached hydrogens (tertiary/aromatic N) is 1. The average Bonchev–Trinajstić information content (AvgIpc) is 2.49. The number of hydrogen-bond acceptors (Lipinski definition) is 3. The fourth-order valence-electron chi connectivity index (χ4n) is 2.49. The number of carbonyl (C=O) groups excluding carboxylic acids is 1. The predicted molar refractivity (Wildman–Crippen MR) is 81.7 cm³/mol. The number of nitrogens with one attached hydrogen (secondary N) is 2. The molecule has 2 rings (SSSR count). The summed E-state index contributed by atoms with van der Waals surface area (Å²) in [6.45, 7) is 2.78. The summed E-state index contributed by atoms with van der Waals surface area (Å²) in [6.07, 6.45) is 7.48. The molecule has 1 aromatic rings. The van der Waals surface area contributed by atoms with Gasteiger partial charge in [0.1, 0.15) is 0 Å². The normalized spacial score (nSPS) is 16.4. The van der Waals surface area contributed by atoms with E-state index in [1.54, 1.807) is 7.05 Å². The van der Waals surface area contributed by atoms with Crippen LogP contribution in [0.1, 0.15) is 23.2 Å². The molecule has 0 radical (unpaired) electrons. The van der Waals surface area contributed by atoms with Crippen molar-refractivity contribution in [2.24, 2.45) is 0 Å². The Balaban J connectivity index is 1.91. The van der Waals surface area contributed by atoms with Crippen molar-refractivity contribution in [2.45, 2.75) is 18.9 Å². The predicted octanol–water partition coefficient (Wildman–Crippen LogP) is 1.56. The second-order valence-corrected chi connectivity index (χ2v) is 5.06. The van der Waals surface area contributed by atoms with E-state index in [1.807, 2.05) is 24.3 Å². The third kappa shape index (κ3) is 3.75. The third-order valence-corrected chi connectivity index (χ3v) is 3.63. The van der Waals surface area contributed by atoms with E-state index in [9.17, 15) is 4.79 Å². The topological polar surface area (TPSA) is 44.4 Å². The van der Waals surface area contributed by atoms with Gasteiger partial charge in [-0.15, -0.1) is 6.42 Å². The highest BCUT2D eigenvalue weighted by Gasteiger charge is 2.18. The number of likely N-dealkylation sites (tertiary alicyclic amines) is 1. The smallest absolute Gasteiger partial charge is 0.251 e. The zero-order chi connectivity index (χ0) is 14.4. The fraction of sp³-hybridized carbons (Fsp3) is 0.438. The molecule has 0 aliphatic carbocycles. The Hall–Kier alpha value is -1.99. The first-order valence-electron chi connectivity index (χ1n) is 6.97. The highest BCUT2D eigenvalue weighted by atomic mass is 16.1. The van der Waals surface area contributed by atoms with Crippen LogP contribution in [0.15, 0.2) is 24.3 Å². The van der Waals surface area contributed by atoms with Gasteiger partial charge < -0.3 is 10.6 Å². The van der Waals surface area contributed by atoms with Gasteiger partial charge in [0.2, 0.25) is 0 Å². The average molecular weight is 271 g/mol. The van der Waals surface area contributed by atoms with Crippen molar-refractivity contribution in [3.8, 4) is 12.3 Å². The van der Waals surface area contributed by atoms with Gasteiger partial charge in [-0.1, -0.05) is 12.0 Å². The second-order valence-electron chi connectivity index (χ2n) is 5.06. The number of hydrogen-bond donors (Lipinski definition) is 2. The lowest BCUT2D eigenvalue weighted by molar-refractivity contribution is 0.0963. The molecule has 0 saturated carbocycles. The maximum Gasteiger partial charge on any atom is 0.251 e. The van der Waals surface area contributed by atoms with E-state index in [4.69, 9.17) is 6.42 Å². The standard InChI is InChI=1S/C16H21N3O/c1-3-9-19-10-7-14(8-11-19)18-15-6-4-5-13(12-15)16(20)17-2/h1,4-6,12,14,18H,7-11H2,2H3,(H,17,20). The molecule has 20 heavy (non-hydrogen) atoms. The molecule has 0 unspecified atom stereocenters. The second kappa shape index (κ2) is 6.97. The Labute approximate surface area is 120 Å². The van der Waals surface area contributed by atoms with Gasteiger partial charge in [0.25, 0.3) is 5.91 Å². The first-order valence-corrected chi connectivity index (χ1v) is 6.97. The summed E-state index contributed by atoms with van der Waals surface area (Å²) in [5, 5.41) is 6.14. The maximum absolute atomic E-state index is 11.6. The molecule has 1 aliphatic heterocycles. The molecule has 1 fully saturated rings.